The molecule has 0 radical (unpaired) electrons. The fraction of sp³-hybridized carbons (Fsp3) is 0.133. The van der Waals surface area contributed by atoms with Crippen LogP contribution in [0.1, 0.15) is 27.9 Å². The number of carboxylic acids is 1. The first kappa shape index (κ1) is 10.1. The highest BCUT2D eigenvalue weighted by atomic mass is 16.4. The van der Waals surface area contributed by atoms with Gasteiger partial charge in [0.15, 0.2) is 0 Å². The van der Waals surface area contributed by atoms with Crippen LogP contribution in [0.5, 0.6) is 0 Å². The average molecular weight is 224 g/mol. The Balaban J connectivity index is 2.28. The van der Waals surface area contributed by atoms with Gasteiger partial charge in [0.1, 0.15) is 0 Å². The number of aromatic carboxylic acids is 1. The molecule has 0 spiro atoms. The first-order valence-electron chi connectivity index (χ1n) is 5.71. The quantitative estimate of drug-likeness (QED) is 0.805. The minimum atomic E-state index is -0.871. The topological polar surface area (TPSA) is 37.3 Å². The molecule has 0 aromatic heterocycles. The maximum Gasteiger partial charge on any atom is 0.335 e. The van der Waals surface area contributed by atoms with E-state index in [9.17, 15) is 4.79 Å². The first-order valence-corrected chi connectivity index (χ1v) is 5.71. The van der Waals surface area contributed by atoms with Crippen LogP contribution in [0.3, 0.4) is 0 Å². The normalized spacial score (nSPS) is 13.6. The molecular weight excluding hydrogens is 212 g/mol. The minimum absolute atomic E-state index is 0.351. The second kappa shape index (κ2) is 3.74. The van der Waals surface area contributed by atoms with Crippen molar-refractivity contribution < 1.29 is 9.90 Å². The van der Waals surface area contributed by atoms with Crippen molar-refractivity contribution in [2.24, 2.45) is 0 Å². The van der Waals surface area contributed by atoms with Gasteiger partial charge in [-0.1, -0.05) is 30.4 Å². The summed E-state index contributed by atoms with van der Waals surface area (Å²) in [6, 6.07) is 9.42. The van der Waals surface area contributed by atoms with Gasteiger partial charge in [-0.3, -0.25) is 0 Å². The van der Waals surface area contributed by atoms with Gasteiger partial charge in [0.2, 0.25) is 0 Å². The van der Waals surface area contributed by atoms with Crippen molar-refractivity contribution in [3.05, 3.63) is 53.1 Å². The van der Waals surface area contributed by atoms with Gasteiger partial charge in [-0.15, -0.1) is 0 Å². The lowest BCUT2D eigenvalue weighted by molar-refractivity contribution is 0.0697. The maximum absolute atomic E-state index is 10.9. The summed E-state index contributed by atoms with van der Waals surface area (Å²) in [6.07, 6.45) is 6.42. The molecule has 84 valence electrons. The summed E-state index contributed by atoms with van der Waals surface area (Å²) in [4.78, 5) is 10.9. The van der Waals surface area contributed by atoms with Gasteiger partial charge in [0.05, 0.1) is 5.56 Å². The third-order valence-electron chi connectivity index (χ3n) is 3.27. The monoisotopic (exact) mass is 224 g/mol. The molecule has 0 heterocycles. The Bertz CT molecular complexity index is 639. The molecule has 0 fully saturated rings. The van der Waals surface area contributed by atoms with Crippen LogP contribution < -0.4 is 0 Å². The van der Waals surface area contributed by atoms with Crippen LogP contribution in [0.4, 0.5) is 0 Å². The summed E-state index contributed by atoms with van der Waals surface area (Å²) < 4.78 is 0. The standard InChI is InChI=1S/C15H12O2/c16-15(17)12-7-8-14-11(9-12)6-5-10-3-1-2-4-13(10)14/h1,3,5-9H,2,4H2,(H,16,17). The van der Waals surface area contributed by atoms with Gasteiger partial charge in [0.25, 0.3) is 0 Å². The molecule has 2 heteroatoms. The predicted octanol–water partition coefficient (Wildman–Crippen LogP) is 3.50. The molecule has 0 aliphatic heterocycles. The van der Waals surface area contributed by atoms with Crippen LogP contribution in [0.2, 0.25) is 0 Å². The Labute approximate surface area is 99.2 Å². The summed E-state index contributed by atoms with van der Waals surface area (Å²) in [5, 5.41) is 11.2. The number of hydrogen-bond donors (Lipinski definition) is 1. The van der Waals surface area contributed by atoms with Crippen molar-refractivity contribution in [2.45, 2.75) is 12.8 Å². The van der Waals surface area contributed by atoms with Gasteiger partial charge in [0, 0.05) is 0 Å². The maximum atomic E-state index is 10.9. The van der Waals surface area contributed by atoms with E-state index in [1.54, 1.807) is 12.1 Å². The third-order valence-corrected chi connectivity index (χ3v) is 3.27. The minimum Gasteiger partial charge on any atom is -0.478 e. The van der Waals surface area contributed by atoms with Gasteiger partial charge in [-0.25, -0.2) is 4.79 Å². The SMILES string of the molecule is O=C(O)c1ccc2c3c(ccc2c1)C=CCC3. The zero-order chi connectivity index (χ0) is 11.8. The number of hydrogen-bond acceptors (Lipinski definition) is 1. The van der Waals surface area contributed by atoms with E-state index in [4.69, 9.17) is 5.11 Å². The van der Waals surface area contributed by atoms with E-state index >= 15 is 0 Å². The summed E-state index contributed by atoms with van der Waals surface area (Å²) in [7, 11) is 0. The lowest BCUT2D eigenvalue weighted by atomic mass is 9.91. The number of rotatable bonds is 1. The second-order valence-corrected chi connectivity index (χ2v) is 4.32. The van der Waals surface area contributed by atoms with E-state index in [0.717, 1.165) is 18.2 Å². The molecule has 1 aliphatic carbocycles. The molecule has 17 heavy (non-hydrogen) atoms. The van der Waals surface area contributed by atoms with E-state index < -0.39 is 5.97 Å². The molecule has 2 nitrogen and oxygen atoms in total. The molecule has 1 N–H and O–H groups in total. The fourth-order valence-electron chi connectivity index (χ4n) is 2.42. The molecule has 0 saturated heterocycles. The van der Waals surface area contributed by atoms with E-state index in [1.807, 2.05) is 12.1 Å². The summed E-state index contributed by atoms with van der Waals surface area (Å²) in [5.74, 6) is -0.871. The highest BCUT2D eigenvalue weighted by molar-refractivity contribution is 5.96. The Hall–Kier alpha value is -2.09. The molecule has 0 amide bonds. The zero-order valence-corrected chi connectivity index (χ0v) is 9.31. The van der Waals surface area contributed by atoms with Crippen LogP contribution >= 0.6 is 0 Å². The van der Waals surface area contributed by atoms with Gasteiger partial charge < -0.3 is 5.11 Å². The molecule has 0 atom stereocenters. The Morgan fingerprint density at radius 3 is 2.88 bits per heavy atom. The molecule has 2 aromatic rings. The Morgan fingerprint density at radius 1 is 1.18 bits per heavy atom. The number of fused-ring (bicyclic) bond motifs is 3. The first-order chi connectivity index (χ1) is 8.25. The number of benzene rings is 2. The van der Waals surface area contributed by atoms with Crippen molar-refractivity contribution in [1.29, 1.82) is 0 Å². The van der Waals surface area contributed by atoms with Gasteiger partial charge in [-0.2, -0.15) is 0 Å². The number of carboxylic acid groups (broad SMARTS) is 1. The molecule has 1 aliphatic rings. The number of allylic oxidation sites excluding steroid dienone is 1. The van der Waals surface area contributed by atoms with Crippen LogP contribution in [0.25, 0.3) is 16.8 Å². The van der Waals surface area contributed by atoms with Crippen molar-refractivity contribution in [2.75, 3.05) is 0 Å². The molecule has 2 aromatic carbocycles. The largest absolute Gasteiger partial charge is 0.478 e. The highest BCUT2D eigenvalue weighted by Crippen LogP contribution is 2.28. The van der Waals surface area contributed by atoms with Gasteiger partial charge >= 0.3 is 5.97 Å². The third kappa shape index (κ3) is 1.62. The summed E-state index contributed by atoms with van der Waals surface area (Å²) >= 11 is 0. The zero-order valence-electron chi connectivity index (χ0n) is 9.31. The smallest absolute Gasteiger partial charge is 0.335 e. The van der Waals surface area contributed by atoms with E-state index in [1.165, 1.54) is 16.5 Å². The van der Waals surface area contributed by atoms with E-state index in [2.05, 4.69) is 18.2 Å². The van der Waals surface area contributed by atoms with Crippen molar-refractivity contribution in [1.82, 2.24) is 0 Å². The molecule has 0 unspecified atom stereocenters. The highest BCUT2D eigenvalue weighted by Gasteiger charge is 2.10. The van der Waals surface area contributed by atoms with Crippen LogP contribution in [0, 0.1) is 0 Å². The van der Waals surface area contributed by atoms with Crippen molar-refractivity contribution in [3.8, 4) is 0 Å². The van der Waals surface area contributed by atoms with Crippen LogP contribution in [-0.4, -0.2) is 11.1 Å². The summed E-state index contributed by atoms with van der Waals surface area (Å²) in [6.45, 7) is 0. The van der Waals surface area contributed by atoms with Crippen molar-refractivity contribution >= 4 is 22.8 Å². The van der Waals surface area contributed by atoms with Gasteiger partial charge in [-0.05, 0) is 46.9 Å². The molecule has 0 bridgehead atoms. The van der Waals surface area contributed by atoms with Crippen LogP contribution in [-0.2, 0) is 6.42 Å². The summed E-state index contributed by atoms with van der Waals surface area (Å²) in [5.41, 5.74) is 2.94. The van der Waals surface area contributed by atoms with Crippen LogP contribution in [0.15, 0.2) is 36.4 Å². The Kier molecular flexibility index (Phi) is 2.22. The Morgan fingerprint density at radius 2 is 2.06 bits per heavy atom. The molecule has 3 rings (SSSR count). The average Bonchev–Trinajstić information content (AvgIpc) is 2.38. The number of carbonyl (C=O) groups is 1. The number of aryl methyl sites for hydroxylation is 1. The lowest BCUT2D eigenvalue weighted by Gasteiger charge is -2.13. The van der Waals surface area contributed by atoms with E-state index in [-0.39, 0.29) is 0 Å². The fourth-order valence-corrected chi connectivity index (χ4v) is 2.42. The predicted molar refractivity (Wildman–Crippen MR) is 68.3 cm³/mol. The second-order valence-electron chi connectivity index (χ2n) is 4.32. The lowest BCUT2D eigenvalue weighted by Crippen LogP contribution is -1.98. The van der Waals surface area contributed by atoms with Crippen molar-refractivity contribution in [3.63, 3.8) is 0 Å². The van der Waals surface area contributed by atoms with E-state index in [0.29, 0.717) is 5.56 Å². The molecule has 0 saturated carbocycles. The molecular formula is C15H12O2.